The van der Waals surface area contributed by atoms with Gasteiger partial charge in [-0.05, 0) is 135 Å². The quantitative estimate of drug-likeness (QED) is 0.0385. The topological polar surface area (TPSA) is 570 Å². The van der Waals surface area contributed by atoms with Crippen molar-refractivity contribution in [2.24, 2.45) is 35.1 Å². The predicted octanol–water partition coefficient (Wildman–Crippen LogP) is 1.70. The van der Waals surface area contributed by atoms with E-state index in [9.17, 15) is 72.5 Å². The highest BCUT2D eigenvalue weighted by Crippen LogP contribution is 2.17. The van der Waals surface area contributed by atoms with E-state index in [0.717, 1.165) is 0 Å². The van der Waals surface area contributed by atoms with Crippen molar-refractivity contribution in [3.63, 3.8) is 0 Å². The van der Waals surface area contributed by atoms with Gasteiger partial charge in [0.2, 0.25) is 0 Å². The molecule has 108 heavy (non-hydrogen) atoms. The van der Waals surface area contributed by atoms with E-state index >= 15 is 0 Å². The number of nitrogens with one attached hydrogen (secondary N) is 21. The molecule has 1 fully saturated rings. The molecule has 10 atom stereocenters. The second-order valence-corrected chi connectivity index (χ2v) is 29.7. The van der Waals surface area contributed by atoms with Crippen LogP contribution in [0.25, 0.3) is 0 Å². The molecule has 27 N–H and O–H groups in total. The van der Waals surface area contributed by atoms with Crippen molar-refractivity contribution in [1.82, 2.24) is 117 Å². The summed E-state index contributed by atoms with van der Waals surface area (Å²) in [7, 11) is 1.48. The number of likely N-dealkylation sites (tertiary alicyclic amines) is 1. The molecule has 0 aromatic heterocycles. The van der Waals surface area contributed by atoms with Gasteiger partial charge in [0.1, 0.15) is 0 Å². The van der Waals surface area contributed by atoms with Crippen molar-refractivity contribution < 1.29 is 72.5 Å². The van der Waals surface area contributed by atoms with Gasteiger partial charge < -0.3 is 138 Å². The maximum atomic E-state index is 13.8. The van der Waals surface area contributed by atoms with Crippen LogP contribution in [0.2, 0.25) is 0 Å². The Hall–Kier alpha value is -9.17. The summed E-state index contributed by atoms with van der Waals surface area (Å²) >= 11 is 0. The van der Waals surface area contributed by atoms with Crippen LogP contribution in [-0.4, -0.2) is 252 Å². The van der Waals surface area contributed by atoms with E-state index in [4.69, 9.17) is 11.5 Å². The molecule has 1 saturated heterocycles. The van der Waals surface area contributed by atoms with Gasteiger partial charge in [-0.25, -0.2) is 52.7 Å². The van der Waals surface area contributed by atoms with Crippen LogP contribution in [0.15, 0.2) is 0 Å². The summed E-state index contributed by atoms with van der Waals surface area (Å²) in [5.41, 5.74) is 11.5. The lowest BCUT2D eigenvalue weighted by atomic mass is 10.0. The van der Waals surface area contributed by atoms with Crippen LogP contribution in [0.3, 0.4) is 0 Å². The van der Waals surface area contributed by atoms with E-state index in [1.807, 2.05) is 69.2 Å². The van der Waals surface area contributed by atoms with Gasteiger partial charge in [0.25, 0.3) is 0 Å². The minimum absolute atomic E-state index is 0.000105. The van der Waals surface area contributed by atoms with Crippen LogP contribution < -0.4 is 123 Å². The Bertz CT molecular complexity index is 2700. The van der Waals surface area contributed by atoms with Gasteiger partial charge in [0, 0.05) is 152 Å². The summed E-state index contributed by atoms with van der Waals surface area (Å²) in [5, 5.41) is 77.4. The van der Waals surface area contributed by atoms with Crippen LogP contribution in [0.1, 0.15) is 179 Å². The fourth-order valence-electron chi connectivity index (χ4n) is 11.8. The first-order chi connectivity index (χ1) is 51.1. The Morgan fingerprint density at radius 2 is 0.648 bits per heavy atom. The summed E-state index contributed by atoms with van der Waals surface area (Å²) in [6, 6.07) is -11.4. The van der Waals surface area contributed by atoms with Crippen molar-refractivity contribution in [2.45, 2.75) is 245 Å². The smallest absolute Gasteiger partial charge is 0.317 e. The SMILES string of the molecule is CNC(=O)NC[C@H](C)NC(=O)NC[C@H](CCCCN)NC(=O)NC[C@H](CC(C)C)NC(=O)NC[C@H](CCC(=O)O)NC(=O)NC[C@H](CC(C)C)NC(=O)NC[C@@H]1CCCN1C(=O)NC[C@H](CCCCN)NC(=O)NC[C@H](CC(C)C)NC(=O)NC[C@H](CCC(=O)O)NC(=O)NC[C@H](CC(C)C)NC(=O)NC(C)C. The molecule has 1 aliphatic rings. The van der Waals surface area contributed by atoms with E-state index < -0.39 is 127 Å². The molecule has 0 aliphatic carbocycles. The molecule has 622 valence electrons. The number of nitrogens with zero attached hydrogens (tertiary/aromatic N) is 1. The second-order valence-electron chi connectivity index (χ2n) is 29.7. The molecule has 0 bridgehead atoms. The Balaban J connectivity index is 2.92. The monoisotopic (exact) mass is 1540 g/mol. The fraction of sp³-hybridized carbons (Fsp3) is 0.812. The maximum Gasteiger partial charge on any atom is 0.317 e. The molecular weight excluding hydrogens is 1400 g/mol. The number of amides is 22. The van der Waals surface area contributed by atoms with Gasteiger partial charge >= 0.3 is 78.3 Å². The van der Waals surface area contributed by atoms with Crippen molar-refractivity contribution in [2.75, 3.05) is 92.1 Å². The molecule has 0 spiro atoms. The molecule has 0 aromatic carbocycles. The van der Waals surface area contributed by atoms with E-state index in [1.54, 1.807) is 11.8 Å². The molecule has 1 heterocycles. The minimum atomic E-state index is -1.12. The van der Waals surface area contributed by atoms with Crippen molar-refractivity contribution in [3.8, 4) is 0 Å². The number of carbonyl (C=O) groups is 13. The van der Waals surface area contributed by atoms with Gasteiger partial charge in [-0.1, -0.05) is 68.2 Å². The van der Waals surface area contributed by atoms with Crippen LogP contribution in [0.5, 0.6) is 0 Å². The lowest BCUT2D eigenvalue weighted by Crippen LogP contribution is -2.55. The van der Waals surface area contributed by atoms with Crippen LogP contribution in [0.4, 0.5) is 52.7 Å². The minimum Gasteiger partial charge on any atom is -0.481 e. The highest BCUT2D eigenvalue weighted by molar-refractivity contribution is 5.80. The highest BCUT2D eigenvalue weighted by atomic mass is 16.4. The van der Waals surface area contributed by atoms with Crippen LogP contribution in [-0.2, 0) is 9.59 Å². The number of carboxylic acids is 2. The predicted molar refractivity (Wildman–Crippen MR) is 412 cm³/mol. The first-order valence-electron chi connectivity index (χ1n) is 38.3. The van der Waals surface area contributed by atoms with E-state index in [-0.39, 0.29) is 133 Å². The summed E-state index contributed by atoms with van der Waals surface area (Å²) in [6.07, 6.45) is 6.17. The van der Waals surface area contributed by atoms with E-state index in [0.29, 0.717) is 96.7 Å². The van der Waals surface area contributed by atoms with Gasteiger partial charge in [0.05, 0.1) is 6.04 Å². The van der Waals surface area contributed by atoms with Crippen LogP contribution in [0, 0.1) is 23.7 Å². The zero-order chi connectivity index (χ0) is 81.1. The first-order valence-corrected chi connectivity index (χ1v) is 38.3. The normalized spacial score (nSPS) is 15.0. The standard InChI is InChI=1S/C69H136N24O15/c1-42(2)28-52(37-77-61(100)85-48(18-13-15-25-70)33-74-60(99)84-47(11)32-73-59(98)72-12)89-65(104)75-34-50(21-23-57(94)95)87-63(102)79-39-54(30-44(5)6)91-67(106)81-41-56-20-17-27-93(56)69(108)82-36-49(19-14-16-26-71)86-62(101)78-38-53(29-43(3)4)90-66(105)76-35-51(22-24-58(96)97)88-64(103)80-40-55(31-45(7)8)92-68(107)83-46(9)10/h42-56H,13-41,70-71H2,1-12H3,(H,82,108)(H,94,95)(H,96,97)(H2,72,73,98)(H2,74,84,99)(H2,75,89,104)(H2,76,90,105)(H2,77,85,100)(H2,78,86,101)(H2,79,87,102)(H2,80,88,103)(H2,81,91,106)(H2,83,92,107)/t47-,48-,49-,50-,51-,52-,53-,54-,55-,56-/m0/s1. The number of carboxylic acid groups (broad SMARTS) is 2. The maximum absolute atomic E-state index is 13.8. The molecule has 1 rings (SSSR count). The lowest BCUT2D eigenvalue weighted by molar-refractivity contribution is -0.138. The molecule has 0 radical (unpaired) electrons. The molecule has 39 nitrogen and oxygen atoms in total. The molecule has 39 heteroatoms. The summed E-state index contributed by atoms with van der Waals surface area (Å²) in [6.45, 7) is 22.5. The van der Waals surface area contributed by atoms with Gasteiger partial charge in [0.15, 0.2) is 0 Å². The first kappa shape index (κ1) is 96.8. The molecule has 22 amide bonds. The van der Waals surface area contributed by atoms with Crippen molar-refractivity contribution in [1.29, 1.82) is 0 Å². The number of hydrogen-bond acceptors (Lipinski definition) is 15. The summed E-state index contributed by atoms with van der Waals surface area (Å²) < 4.78 is 0. The number of hydrogen-bond donors (Lipinski definition) is 25. The van der Waals surface area contributed by atoms with E-state index in [2.05, 4.69) is 112 Å². The molecule has 1 aliphatic heterocycles. The molecule has 0 aromatic rings. The third-order valence-corrected chi connectivity index (χ3v) is 16.9. The largest absolute Gasteiger partial charge is 0.481 e. The number of aliphatic carboxylic acids is 2. The Morgan fingerprint density at radius 3 is 0.972 bits per heavy atom. The summed E-state index contributed by atoms with van der Waals surface area (Å²) in [5.74, 6) is -1.77. The van der Waals surface area contributed by atoms with Crippen molar-refractivity contribution in [3.05, 3.63) is 0 Å². The zero-order valence-corrected chi connectivity index (χ0v) is 66.0. The summed E-state index contributed by atoms with van der Waals surface area (Å²) in [4.78, 5) is 169. The third-order valence-electron chi connectivity index (χ3n) is 16.9. The molecular formula is C69H136N24O15. The second kappa shape index (κ2) is 56.1. The van der Waals surface area contributed by atoms with Crippen molar-refractivity contribution >= 4 is 78.3 Å². The average molecular weight is 1540 g/mol. The molecule has 0 unspecified atom stereocenters. The van der Waals surface area contributed by atoms with Gasteiger partial charge in [-0.3, -0.25) is 9.59 Å². The zero-order valence-electron chi connectivity index (χ0n) is 66.0. The number of rotatable bonds is 52. The Kier molecular flexibility index (Phi) is 50.3. The number of unbranched alkanes of at least 4 members (excludes halogenated alkanes) is 2. The number of urea groups is 11. The van der Waals surface area contributed by atoms with Gasteiger partial charge in [-0.15, -0.1) is 0 Å². The Labute approximate surface area is 637 Å². The highest BCUT2D eigenvalue weighted by Gasteiger charge is 2.31. The lowest BCUT2D eigenvalue weighted by Gasteiger charge is -2.28. The average Bonchev–Trinajstić information content (AvgIpc) is 1.72. The third kappa shape index (κ3) is 50.4. The number of nitrogens with two attached hydrogens (primary N) is 2. The fourth-order valence-corrected chi connectivity index (χ4v) is 11.8. The van der Waals surface area contributed by atoms with Crippen LogP contribution >= 0.6 is 0 Å². The Morgan fingerprint density at radius 1 is 0.352 bits per heavy atom. The molecule has 0 saturated carbocycles. The van der Waals surface area contributed by atoms with Gasteiger partial charge in [-0.2, -0.15) is 0 Å². The van der Waals surface area contributed by atoms with E-state index in [1.165, 1.54) is 7.05 Å². The number of carbonyl (C=O) groups excluding carboxylic acids is 11.